The molecule has 0 bridgehead atoms. The molecule has 238 valence electrons. The minimum atomic E-state index is -0.215. The Bertz CT molecular complexity index is 1600. The predicted octanol–water partition coefficient (Wildman–Crippen LogP) is 8.57. The maximum Gasteiger partial charge on any atom is 0.203 e. The molecular formula is C38H56N6. The summed E-state index contributed by atoms with van der Waals surface area (Å²) >= 11 is 0. The molecule has 0 atom stereocenters. The monoisotopic (exact) mass is 596 g/mol. The fourth-order valence-corrected chi connectivity index (χ4v) is 8.29. The van der Waals surface area contributed by atoms with Crippen molar-refractivity contribution in [3.8, 4) is 11.1 Å². The summed E-state index contributed by atoms with van der Waals surface area (Å²) in [6, 6.07) is 18.0. The second-order valence-corrected chi connectivity index (χ2v) is 17.7. The summed E-state index contributed by atoms with van der Waals surface area (Å²) in [5, 5.41) is 0. The van der Waals surface area contributed by atoms with E-state index in [0.29, 0.717) is 0 Å². The molecule has 4 heterocycles. The highest BCUT2D eigenvalue weighted by Gasteiger charge is 2.67. The lowest BCUT2D eigenvalue weighted by molar-refractivity contribution is 0.0528. The van der Waals surface area contributed by atoms with Crippen LogP contribution in [-0.2, 0) is 0 Å². The van der Waals surface area contributed by atoms with Crippen molar-refractivity contribution >= 4 is 23.3 Å². The van der Waals surface area contributed by atoms with Crippen molar-refractivity contribution in [1.29, 1.82) is 0 Å². The number of aliphatic imine (C=N–C) groups is 2. The summed E-state index contributed by atoms with van der Waals surface area (Å²) in [4.78, 5) is 21.0. The Morgan fingerprint density at radius 1 is 0.455 bits per heavy atom. The first kappa shape index (κ1) is 31.0. The lowest BCUT2D eigenvalue weighted by Crippen LogP contribution is -2.63. The van der Waals surface area contributed by atoms with Gasteiger partial charge in [0.15, 0.2) is 0 Å². The van der Waals surface area contributed by atoms with Crippen molar-refractivity contribution in [2.24, 2.45) is 9.98 Å². The fourth-order valence-electron chi connectivity index (χ4n) is 8.29. The Morgan fingerprint density at radius 2 is 0.909 bits per heavy atom. The number of hydrogen-bond donors (Lipinski definition) is 0. The van der Waals surface area contributed by atoms with Gasteiger partial charge in [0.1, 0.15) is 0 Å². The average Bonchev–Trinajstić information content (AvgIpc) is 3.32. The van der Waals surface area contributed by atoms with E-state index in [4.69, 9.17) is 9.98 Å². The Kier molecular flexibility index (Phi) is 5.92. The molecule has 4 aliphatic rings. The number of hydrogen-bond acceptors (Lipinski definition) is 6. The molecule has 0 radical (unpaired) electrons. The molecule has 0 amide bonds. The van der Waals surface area contributed by atoms with E-state index in [2.05, 4.69) is 179 Å². The maximum atomic E-state index is 5.44. The zero-order valence-electron chi connectivity index (χ0n) is 30.3. The van der Waals surface area contributed by atoms with Gasteiger partial charge in [-0.3, -0.25) is 0 Å². The number of anilines is 2. The molecule has 0 aliphatic carbocycles. The lowest BCUT2D eigenvalue weighted by atomic mass is 9.75. The molecule has 2 fully saturated rings. The van der Waals surface area contributed by atoms with Gasteiger partial charge in [-0.1, -0.05) is 30.3 Å². The van der Waals surface area contributed by atoms with E-state index in [0.717, 1.165) is 11.9 Å². The summed E-state index contributed by atoms with van der Waals surface area (Å²) in [5.41, 5.74) is 3.45. The van der Waals surface area contributed by atoms with Crippen molar-refractivity contribution in [1.82, 2.24) is 9.80 Å². The Balaban J connectivity index is 1.51. The highest BCUT2D eigenvalue weighted by atomic mass is 15.6. The maximum absolute atomic E-state index is 5.44. The Morgan fingerprint density at radius 3 is 1.43 bits per heavy atom. The van der Waals surface area contributed by atoms with Crippen molar-refractivity contribution < 1.29 is 0 Å². The molecule has 6 heteroatoms. The third kappa shape index (κ3) is 3.43. The standard InChI is InChI=1S/C38H56N6/c1-31(2)33(5,6)43-29(39-31)41(35(9,10)37(43,13)14)26-21-19-20-25(24-26)27-22-17-18-23-28(27)42-30-40-32(3,4)34(7,8)44(30)38(15,16)36(42,11)12/h17-24H,1-16H3. The smallest absolute Gasteiger partial charge is 0.203 e. The zero-order chi connectivity index (χ0) is 32.8. The molecule has 0 N–H and O–H groups in total. The summed E-state index contributed by atoms with van der Waals surface area (Å²) in [6.45, 7) is 37.4. The van der Waals surface area contributed by atoms with Crippen molar-refractivity contribution in [3.63, 3.8) is 0 Å². The van der Waals surface area contributed by atoms with Crippen LogP contribution in [0.15, 0.2) is 58.5 Å². The summed E-state index contributed by atoms with van der Waals surface area (Å²) < 4.78 is 0. The molecule has 2 aromatic carbocycles. The molecular weight excluding hydrogens is 540 g/mol. The van der Waals surface area contributed by atoms with Crippen molar-refractivity contribution in [2.75, 3.05) is 9.80 Å². The normalized spacial score (nSPS) is 27.3. The van der Waals surface area contributed by atoms with Gasteiger partial charge in [0, 0.05) is 11.3 Å². The molecule has 6 nitrogen and oxygen atoms in total. The number of para-hydroxylation sites is 1. The van der Waals surface area contributed by atoms with E-state index >= 15 is 0 Å². The second-order valence-electron chi connectivity index (χ2n) is 17.7. The molecule has 6 rings (SSSR count). The largest absolute Gasteiger partial charge is 0.327 e. The topological polar surface area (TPSA) is 37.7 Å². The number of rotatable bonds is 3. The van der Waals surface area contributed by atoms with Crippen molar-refractivity contribution in [2.45, 2.75) is 155 Å². The van der Waals surface area contributed by atoms with E-state index in [1.165, 1.54) is 22.5 Å². The van der Waals surface area contributed by atoms with Gasteiger partial charge in [-0.25, -0.2) is 9.98 Å². The average molecular weight is 597 g/mol. The van der Waals surface area contributed by atoms with Gasteiger partial charge in [0.25, 0.3) is 0 Å². The van der Waals surface area contributed by atoms with Crippen LogP contribution in [0.5, 0.6) is 0 Å². The first-order valence-corrected chi connectivity index (χ1v) is 16.5. The molecule has 2 aromatic rings. The summed E-state index contributed by atoms with van der Waals surface area (Å²) in [6.07, 6.45) is 0. The number of fused-ring (bicyclic) bond motifs is 2. The molecule has 0 unspecified atom stereocenters. The van der Waals surface area contributed by atoms with Crippen LogP contribution in [0.4, 0.5) is 11.4 Å². The minimum Gasteiger partial charge on any atom is -0.327 e. The first-order valence-electron chi connectivity index (χ1n) is 16.5. The van der Waals surface area contributed by atoms with Gasteiger partial charge in [-0.2, -0.15) is 0 Å². The van der Waals surface area contributed by atoms with E-state index < -0.39 is 0 Å². The van der Waals surface area contributed by atoms with Crippen LogP contribution in [0.2, 0.25) is 0 Å². The lowest BCUT2D eigenvalue weighted by Gasteiger charge is -2.50. The molecule has 0 aromatic heterocycles. The quantitative estimate of drug-likeness (QED) is 0.356. The van der Waals surface area contributed by atoms with Crippen LogP contribution >= 0.6 is 0 Å². The molecule has 4 aliphatic heterocycles. The highest BCUT2D eigenvalue weighted by molar-refractivity contribution is 6.07. The van der Waals surface area contributed by atoms with Gasteiger partial charge < -0.3 is 19.6 Å². The Hall–Kier alpha value is -3.02. The van der Waals surface area contributed by atoms with Crippen LogP contribution < -0.4 is 9.80 Å². The molecule has 0 saturated carbocycles. The van der Waals surface area contributed by atoms with Crippen LogP contribution in [0.25, 0.3) is 11.1 Å². The third-order valence-electron chi connectivity index (χ3n) is 13.5. The number of benzene rings is 2. The van der Waals surface area contributed by atoms with Gasteiger partial charge >= 0.3 is 0 Å². The molecule has 2 saturated heterocycles. The minimum absolute atomic E-state index is 0.119. The van der Waals surface area contributed by atoms with Crippen LogP contribution in [-0.4, -0.2) is 66.0 Å². The van der Waals surface area contributed by atoms with E-state index in [1.54, 1.807) is 0 Å². The van der Waals surface area contributed by atoms with E-state index in [9.17, 15) is 0 Å². The highest BCUT2D eigenvalue weighted by Crippen LogP contribution is 2.56. The predicted molar refractivity (Wildman–Crippen MR) is 188 cm³/mol. The van der Waals surface area contributed by atoms with E-state index in [1.807, 2.05) is 0 Å². The summed E-state index contributed by atoms with van der Waals surface area (Å²) in [7, 11) is 0. The Labute approximate surface area is 267 Å². The number of guanidine groups is 2. The molecule has 44 heavy (non-hydrogen) atoms. The van der Waals surface area contributed by atoms with Gasteiger partial charge in [0.2, 0.25) is 11.9 Å². The fraction of sp³-hybridized carbons (Fsp3) is 0.632. The van der Waals surface area contributed by atoms with Gasteiger partial charge in [-0.05, 0) is 135 Å². The zero-order valence-corrected chi connectivity index (χ0v) is 30.3. The van der Waals surface area contributed by atoms with E-state index in [-0.39, 0.29) is 44.3 Å². The van der Waals surface area contributed by atoms with Gasteiger partial charge in [-0.15, -0.1) is 0 Å². The number of nitrogens with zero attached hydrogens (tertiary/aromatic N) is 6. The van der Waals surface area contributed by atoms with Crippen molar-refractivity contribution in [3.05, 3.63) is 48.5 Å². The SMILES string of the molecule is CC1(C)N=C2N(c3cccc(-c4ccccc4N4C5=NC(C)(C)C(C)(C)N5C(C)(C)C4(C)C)c3)C(C)(C)C(C)(C)N2C1(C)C. The van der Waals surface area contributed by atoms with Crippen LogP contribution in [0, 0.1) is 0 Å². The summed E-state index contributed by atoms with van der Waals surface area (Å²) in [5.74, 6) is 2.14. The van der Waals surface area contributed by atoms with Crippen LogP contribution in [0.1, 0.15) is 111 Å². The van der Waals surface area contributed by atoms with Gasteiger partial charge in [0.05, 0.1) is 50.0 Å². The van der Waals surface area contributed by atoms with Crippen LogP contribution in [0.3, 0.4) is 0 Å². The first-order chi connectivity index (χ1) is 19.9. The second kappa shape index (κ2) is 8.41. The third-order valence-corrected chi connectivity index (χ3v) is 13.5. The molecule has 0 spiro atoms.